The molecule has 2 unspecified atom stereocenters. The van der Waals surface area contributed by atoms with Gasteiger partial charge in [0, 0.05) is 48.2 Å². The van der Waals surface area contributed by atoms with Crippen LogP contribution < -0.4 is 11.5 Å². The van der Waals surface area contributed by atoms with Crippen LogP contribution in [-0.4, -0.2) is 45.4 Å². The monoisotopic (exact) mass is 563 g/mol. The van der Waals surface area contributed by atoms with Crippen LogP contribution in [0.3, 0.4) is 0 Å². The fraction of sp³-hybridized carbons (Fsp3) is 0.414. The smallest absolute Gasteiger partial charge is 0.282 e. The fourth-order valence-corrected chi connectivity index (χ4v) is 6.50. The van der Waals surface area contributed by atoms with Crippen LogP contribution in [0.1, 0.15) is 47.9 Å². The minimum absolute atomic E-state index is 0.176. The first-order valence-corrected chi connectivity index (χ1v) is 13.7. The number of amidine groups is 1. The van der Waals surface area contributed by atoms with Gasteiger partial charge in [0.2, 0.25) is 0 Å². The van der Waals surface area contributed by atoms with Crippen molar-refractivity contribution in [2.24, 2.45) is 16.5 Å². The lowest BCUT2D eigenvalue weighted by molar-refractivity contribution is 0.0202. The highest BCUT2D eigenvalue weighted by Gasteiger charge is 2.39. The number of hydrogen-bond acceptors (Lipinski definition) is 7. The highest BCUT2D eigenvalue weighted by molar-refractivity contribution is 9.10. The molecule has 3 aromatic rings. The highest BCUT2D eigenvalue weighted by Crippen LogP contribution is 2.39. The van der Waals surface area contributed by atoms with E-state index >= 15 is 0 Å². The predicted molar refractivity (Wildman–Crippen MR) is 149 cm³/mol. The number of aliphatic imine (C=N–C) groups is 1. The van der Waals surface area contributed by atoms with Crippen LogP contribution in [0.5, 0.6) is 0 Å². The van der Waals surface area contributed by atoms with Crippen molar-refractivity contribution >= 4 is 22.0 Å². The predicted octanol–water partition coefficient (Wildman–Crippen LogP) is 4.12. The van der Waals surface area contributed by atoms with E-state index in [4.69, 9.17) is 16.2 Å². The van der Waals surface area contributed by atoms with E-state index in [0.29, 0.717) is 19.0 Å². The zero-order valence-electron chi connectivity index (χ0n) is 21.0. The molecule has 0 radical (unpaired) electrons. The van der Waals surface area contributed by atoms with Crippen LogP contribution in [-0.2, 0) is 30.4 Å². The molecule has 0 saturated heterocycles. The topological polar surface area (TPSA) is 120 Å². The molecule has 2 heterocycles. The zero-order chi connectivity index (χ0) is 25.9. The number of nitrogens with two attached hydrogens (primary N) is 2. The van der Waals surface area contributed by atoms with Crippen molar-refractivity contribution in [3.63, 3.8) is 0 Å². The van der Waals surface area contributed by atoms with E-state index in [1.54, 1.807) is 6.33 Å². The first-order chi connectivity index (χ1) is 17.9. The minimum atomic E-state index is -0.581. The summed E-state index contributed by atoms with van der Waals surface area (Å²) in [6.45, 7) is 1.31. The first-order valence-electron chi connectivity index (χ1n) is 12.9. The van der Waals surface area contributed by atoms with Gasteiger partial charge in [0.1, 0.15) is 11.9 Å². The molecular formula is C29H34BrN5O2. The van der Waals surface area contributed by atoms with Gasteiger partial charge in [-0.05, 0) is 72.5 Å². The summed E-state index contributed by atoms with van der Waals surface area (Å²) in [4.78, 5) is 12.4. The second kappa shape index (κ2) is 10.9. The average Bonchev–Trinajstić information content (AvgIpc) is 2.89. The summed E-state index contributed by atoms with van der Waals surface area (Å²) in [7, 11) is 0. The Kier molecular flexibility index (Phi) is 7.60. The van der Waals surface area contributed by atoms with E-state index in [0.717, 1.165) is 61.5 Å². The molecule has 0 bridgehead atoms. The van der Waals surface area contributed by atoms with Gasteiger partial charge in [0.05, 0.1) is 5.60 Å². The Labute approximate surface area is 226 Å². The van der Waals surface area contributed by atoms with Gasteiger partial charge in [0.25, 0.3) is 6.02 Å². The number of hydrogen-bond donors (Lipinski definition) is 3. The normalized spacial score (nSPS) is 24.1. The molecule has 0 fully saturated rings. The Morgan fingerprint density at radius 1 is 0.946 bits per heavy atom. The Hall–Kier alpha value is -2.81. The largest absolute Gasteiger partial charge is 0.458 e. The maximum absolute atomic E-state index is 10.3. The van der Waals surface area contributed by atoms with Gasteiger partial charge in [-0.1, -0.05) is 46.3 Å². The van der Waals surface area contributed by atoms with Crippen molar-refractivity contribution in [3.05, 3.63) is 81.8 Å². The molecule has 8 heteroatoms. The molecule has 3 aliphatic rings. The summed E-state index contributed by atoms with van der Waals surface area (Å²) < 4.78 is 7.08. The van der Waals surface area contributed by atoms with Crippen molar-refractivity contribution < 1.29 is 9.84 Å². The average molecular weight is 565 g/mol. The summed E-state index contributed by atoms with van der Waals surface area (Å²) in [5.74, 6) is 0. The van der Waals surface area contributed by atoms with Gasteiger partial charge in [0.15, 0.2) is 0 Å². The van der Waals surface area contributed by atoms with E-state index < -0.39 is 5.60 Å². The second-order valence-electron chi connectivity index (χ2n) is 10.3. The number of aromatic nitrogens is 2. The third kappa shape index (κ3) is 5.71. The van der Waals surface area contributed by atoms with Crippen LogP contribution in [0.4, 0.5) is 0 Å². The van der Waals surface area contributed by atoms with Crippen molar-refractivity contribution in [1.29, 1.82) is 0 Å². The summed E-state index contributed by atoms with van der Waals surface area (Å²) in [5, 5.41) is 10.3. The van der Waals surface area contributed by atoms with Crippen LogP contribution in [0.2, 0.25) is 0 Å². The first kappa shape index (κ1) is 25.8. The number of nitrogens with zero attached hydrogens (tertiary/aromatic N) is 3. The van der Waals surface area contributed by atoms with Crippen LogP contribution in [0, 0.1) is 0 Å². The zero-order valence-corrected chi connectivity index (χ0v) is 22.6. The van der Waals surface area contributed by atoms with E-state index in [9.17, 15) is 5.11 Å². The molecule has 37 heavy (non-hydrogen) atoms. The van der Waals surface area contributed by atoms with Crippen molar-refractivity contribution in [2.75, 3.05) is 13.1 Å². The van der Waals surface area contributed by atoms with E-state index in [-0.39, 0.29) is 5.60 Å². The third-order valence-corrected chi connectivity index (χ3v) is 8.57. The molecule has 2 aliphatic carbocycles. The lowest BCUT2D eigenvalue weighted by Gasteiger charge is -2.40. The molecule has 1 aromatic heterocycles. The number of benzene rings is 2. The minimum Gasteiger partial charge on any atom is -0.458 e. The number of ether oxygens (including phenoxy) is 1. The van der Waals surface area contributed by atoms with Crippen molar-refractivity contribution in [2.45, 2.75) is 62.6 Å². The van der Waals surface area contributed by atoms with Gasteiger partial charge < -0.3 is 21.3 Å². The van der Waals surface area contributed by atoms with E-state index in [1.807, 2.05) is 18.5 Å². The SMILES string of the molecule is NC1=NCCC2(CCc3c(cccc3-c3cncnc3)C2)O1.NCCC1(O)CCc2c(Br)cccc2C1. The molecule has 2 atom stereocenters. The molecule has 0 amide bonds. The number of halogens is 1. The van der Waals surface area contributed by atoms with Gasteiger partial charge in [-0.15, -0.1) is 0 Å². The Morgan fingerprint density at radius 3 is 2.43 bits per heavy atom. The molecule has 6 rings (SSSR count). The molecule has 1 aliphatic heterocycles. The van der Waals surface area contributed by atoms with Gasteiger partial charge in [-0.3, -0.25) is 0 Å². The molecule has 0 saturated carbocycles. The molecule has 1 spiro atoms. The number of fused-ring (bicyclic) bond motifs is 2. The third-order valence-electron chi connectivity index (χ3n) is 7.83. The number of rotatable bonds is 3. The summed E-state index contributed by atoms with van der Waals surface area (Å²) in [6, 6.07) is 13.0. The molecule has 2 aromatic carbocycles. The molecular weight excluding hydrogens is 530 g/mol. The Balaban J connectivity index is 0.000000164. The highest BCUT2D eigenvalue weighted by atomic mass is 79.9. The lowest BCUT2D eigenvalue weighted by atomic mass is 9.76. The van der Waals surface area contributed by atoms with Crippen LogP contribution in [0.15, 0.2) is 64.6 Å². The maximum atomic E-state index is 10.3. The Morgan fingerprint density at radius 2 is 1.68 bits per heavy atom. The van der Waals surface area contributed by atoms with Crippen molar-refractivity contribution in [3.8, 4) is 11.1 Å². The quantitative estimate of drug-likeness (QED) is 0.440. The number of aliphatic hydroxyl groups is 1. The summed E-state index contributed by atoms with van der Waals surface area (Å²) in [6.07, 6.45) is 12.3. The second-order valence-corrected chi connectivity index (χ2v) is 11.2. The van der Waals surface area contributed by atoms with E-state index in [1.165, 1.54) is 27.8 Å². The standard InChI is InChI=1S/C17H18N4O.C12H16BrNO/c18-16-21-7-6-17(22-16)5-4-15-12(8-17)2-1-3-14(15)13-9-19-11-20-10-13;13-11-3-1-2-9-8-12(15,6-7-14)5-4-10(9)11/h1-3,9-11H,4-8H2,(H2,18,21);1-3,15H,4-8,14H2. The van der Waals surface area contributed by atoms with Crippen LogP contribution >= 0.6 is 15.9 Å². The van der Waals surface area contributed by atoms with Gasteiger partial charge in [-0.2, -0.15) is 0 Å². The maximum Gasteiger partial charge on any atom is 0.282 e. The molecule has 5 N–H and O–H groups in total. The van der Waals surface area contributed by atoms with Gasteiger partial charge in [-0.25, -0.2) is 15.0 Å². The summed E-state index contributed by atoms with van der Waals surface area (Å²) in [5.41, 5.74) is 18.2. The Bertz CT molecular complexity index is 1280. The summed E-state index contributed by atoms with van der Waals surface area (Å²) >= 11 is 3.55. The van der Waals surface area contributed by atoms with Gasteiger partial charge >= 0.3 is 0 Å². The van der Waals surface area contributed by atoms with Crippen LogP contribution in [0.25, 0.3) is 11.1 Å². The van der Waals surface area contributed by atoms with Crippen molar-refractivity contribution in [1.82, 2.24) is 9.97 Å². The lowest BCUT2D eigenvalue weighted by Crippen LogP contribution is -2.46. The fourth-order valence-electron chi connectivity index (χ4n) is 5.90. The van der Waals surface area contributed by atoms with E-state index in [2.05, 4.69) is 61.2 Å². The molecule has 7 nitrogen and oxygen atoms in total. The molecule has 194 valence electrons.